The van der Waals surface area contributed by atoms with Crippen molar-refractivity contribution < 1.29 is 9.59 Å². The summed E-state index contributed by atoms with van der Waals surface area (Å²) in [7, 11) is 3.43. The number of likely N-dealkylation sites (N-methyl/N-ethyl adjacent to an activating group) is 1. The molecular weight excluding hydrogens is 537 g/mol. The van der Waals surface area contributed by atoms with Crippen LogP contribution in [0.1, 0.15) is 19.8 Å². The Kier molecular flexibility index (Phi) is 12.5. The molecule has 1 aliphatic heterocycles. The summed E-state index contributed by atoms with van der Waals surface area (Å²) in [6, 6.07) is 7.88. The highest BCUT2D eigenvalue weighted by Crippen LogP contribution is 2.19. The maximum absolute atomic E-state index is 11.9. The van der Waals surface area contributed by atoms with Gasteiger partial charge in [-0.2, -0.15) is 0 Å². The quantitative estimate of drug-likeness (QED) is 0.166. The van der Waals surface area contributed by atoms with Gasteiger partial charge in [0.05, 0.1) is 0 Å². The lowest BCUT2D eigenvalue weighted by atomic mass is 10.3. The molecule has 168 valence electrons. The molecule has 0 bridgehead atoms. The van der Waals surface area contributed by atoms with Gasteiger partial charge in [0.2, 0.25) is 11.8 Å². The Morgan fingerprint density at radius 3 is 2.63 bits per heavy atom. The van der Waals surface area contributed by atoms with Crippen molar-refractivity contribution in [2.45, 2.75) is 30.7 Å². The summed E-state index contributed by atoms with van der Waals surface area (Å²) in [5.74, 6) is 1.56. The van der Waals surface area contributed by atoms with E-state index in [2.05, 4.69) is 15.6 Å². The van der Waals surface area contributed by atoms with Crippen molar-refractivity contribution in [2.24, 2.45) is 4.99 Å². The number of amides is 2. The molecule has 10 heteroatoms. The average molecular weight is 568 g/mol. The van der Waals surface area contributed by atoms with E-state index < -0.39 is 0 Å². The van der Waals surface area contributed by atoms with E-state index >= 15 is 0 Å². The number of benzene rings is 1. The second kappa shape index (κ2) is 14.0. The molecule has 0 radical (unpaired) electrons. The van der Waals surface area contributed by atoms with Gasteiger partial charge in [0.25, 0.3) is 0 Å². The van der Waals surface area contributed by atoms with Crippen LogP contribution in [0.15, 0.2) is 34.2 Å². The molecule has 0 spiro atoms. The zero-order chi connectivity index (χ0) is 21.2. The normalized spacial score (nSPS) is 16.1. The molecule has 1 atom stereocenters. The predicted octanol–water partition coefficient (Wildman–Crippen LogP) is 2.68. The number of thioether (sulfide) groups is 1. The highest BCUT2D eigenvalue weighted by molar-refractivity contribution is 14.0. The number of aliphatic imine (C=N–C) groups is 1. The fourth-order valence-corrected chi connectivity index (χ4v) is 3.73. The number of carbonyl (C=O) groups is 2. The van der Waals surface area contributed by atoms with Gasteiger partial charge in [0.15, 0.2) is 5.96 Å². The van der Waals surface area contributed by atoms with Crippen molar-refractivity contribution >= 4 is 65.1 Å². The van der Waals surface area contributed by atoms with E-state index in [1.807, 2.05) is 36.1 Å². The number of halogens is 2. The van der Waals surface area contributed by atoms with Crippen LogP contribution >= 0.6 is 47.3 Å². The predicted molar refractivity (Wildman–Crippen MR) is 135 cm³/mol. The van der Waals surface area contributed by atoms with Gasteiger partial charge in [-0.3, -0.25) is 9.59 Å². The Morgan fingerprint density at radius 2 is 2.00 bits per heavy atom. The van der Waals surface area contributed by atoms with Crippen LogP contribution in [0.4, 0.5) is 0 Å². The van der Waals surface area contributed by atoms with Crippen LogP contribution in [-0.2, 0) is 9.59 Å². The van der Waals surface area contributed by atoms with E-state index in [4.69, 9.17) is 11.6 Å². The van der Waals surface area contributed by atoms with Crippen LogP contribution in [0.3, 0.4) is 0 Å². The van der Waals surface area contributed by atoms with E-state index in [9.17, 15) is 9.59 Å². The number of carbonyl (C=O) groups excluding carboxylic acids is 2. The van der Waals surface area contributed by atoms with Gasteiger partial charge in [-0.05, 0) is 30.7 Å². The standard InChI is InChI=1S/C20H30ClN5O2S.HI/c1-4-18(27)26-11-9-16(14-26)24-20(23-13-19(28)25(2)3)22-10-12-29-17-7-5-15(21)6-8-17;/h5-8,16H,4,9-14H2,1-3H3,(H2,22,23,24);1H. The molecule has 1 saturated heterocycles. The fourth-order valence-electron chi connectivity index (χ4n) is 2.83. The molecule has 2 rings (SSSR count). The monoisotopic (exact) mass is 567 g/mol. The lowest BCUT2D eigenvalue weighted by Crippen LogP contribution is -2.46. The van der Waals surface area contributed by atoms with Gasteiger partial charge in [-0.15, -0.1) is 35.7 Å². The zero-order valence-corrected chi connectivity index (χ0v) is 21.6. The van der Waals surface area contributed by atoms with Crippen molar-refractivity contribution in [1.29, 1.82) is 0 Å². The van der Waals surface area contributed by atoms with Crippen molar-refractivity contribution in [3.05, 3.63) is 29.3 Å². The molecule has 30 heavy (non-hydrogen) atoms. The number of hydrogen-bond donors (Lipinski definition) is 2. The van der Waals surface area contributed by atoms with Crippen LogP contribution < -0.4 is 10.6 Å². The first-order chi connectivity index (χ1) is 13.9. The Hall–Kier alpha value is -1.20. The second-order valence-electron chi connectivity index (χ2n) is 7.01. The molecule has 0 saturated carbocycles. The SMILES string of the molecule is CCC(=O)N1CCC(NC(=NCC(=O)N(C)C)NCCSc2ccc(Cl)cc2)C1.I. The summed E-state index contributed by atoms with van der Waals surface area (Å²) in [5, 5.41) is 7.40. The van der Waals surface area contributed by atoms with Crippen molar-refractivity contribution in [3.8, 4) is 0 Å². The molecule has 1 aromatic carbocycles. The highest BCUT2D eigenvalue weighted by atomic mass is 127. The largest absolute Gasteiger partial charge is 0.356 e. The number of likely N-dealkylation sites (tertiary alicyclic amines) is 1. The number of rotatable bonds is 8. The van der Waals surface area contributed by atoms with Crippen molar-refractivity contribution in [2.75, 3.05) is 46.0 Å². The molecule has 0 aliphatic carbocycles. The molecule has 1 fully saturated rings. The lowest BCUT2D eigenvalue weighted by Gasteiger charge is -2.19. The number of guanidine groups is 1. The van der Waals surface area contributed by atoms with Crippen molar-refractivity contribution in [3.63, 3.8) is 0 Å². The summed E-state index contributed by atoms with van der Waals surface area (Å²) in [5.41, 5.74) is 0. The number of nitrogens with zero attached hydrogens (tertiary/aromatic N) is 3. The van der Waals surface area contributed by atoms with Crippen LogP contribution in [0.2, 0.25) is 5.02 Å². The minimum Gasteiger partial charge on any atom is -0.356 e. The molecule has 2 amide bonds. The summed E-state index contributed by atoms with van der Waals surface area (Å²) in [6.45, 7) is 4.06. The molecule has 0 aromatic heterocycles. The molecule has 1 aromatic rings. The first-order valence-electron chi connectivity index (χ1n) is 9.80. The summed E-state index contributed by atoms with van der Waals surface area (Å²) < 4.78 is 0. The van der Waals surface area contributed by atoms with E-state index in [-0.39, 0.29) is 48.4 Å². The summed E-state index contributed by atoms with van der Waals surface area (Å²) >= 11 is 7.63. The Morgan fingerprint density at radius 1 is 1.30 bits per heavy atom. The summed E-state index contributed by atoms with van der Waals surface area (Å²) in [4.78, 5) is 32.8. The Bertz CT molecular complexity index is 718. The van der Waals surface area contributed by atoms with E-state index in [1.165, 1.54) is 4.90 Å². The minimum absolute atomic E-state index is 0. The van der Waals surface area contributed by atoms with Crippen LogP contribution in [0.5, 0.6) is 0 Å². The van der Waals surface area contributed by atoms with Gasteiger partial charge in [0, 0.05) is 61.9 Å². The zero-order valence-electron chi connectivity index (χ0n) is 17.7. The maximum Gasteiger partial charge on any atom is 0.243 e. The second-order valence-corrected chi connectivity index (χ2v) is 8.61. The fraction of sp³-hybridized carbons (Fsp3) is 0.550. The maximum atomic E-state index is 11.9. The first kappa shape index (κ1) is 26.8. The van der Waals surface area contributed by atoms with E-state index in [0.717, 1.165) is 28.6 Å². The smallest absolute Gasteiger partial charge is 0.243 e. The van der Waals surface area contributed by atoms with E-state index in [1.54, 1.807) is 25.9 Å². The Labute approximate surface area is 205 Å². The summed E-state index contributed by atoms with van der Waals surface area (Å²) in [6.07, 6.45) is 1.39. The topological polar surface area (TPSA) is 77.0 Å². The first-order valence-corrected chi connectivity index (χ1v) is 11.2. The van der Waals surface area contributed by atoms with Gasteiger partial charge in [0.1, 0.15) is 6.54 Å². The van der Waals surface area contributed by atoms with Crippen molar-refractivity contribution in [1.82, 2.24) is 20.4 Å². The van der Waals surface area contributed by atoms with E-state index in [0.29, 0.717) is 25.5 Å². The molecule has 1 heterocycles. The third kappa shape index (κ3) is 9.30. The lowest BCUT2D eigenvalue weighted by molar-refractivity contribution is -0.130. The van der Waals surface area contributed by atoms with Gasteiger partial charge >= 0.3 is 0 Å². The third-order valence-electron chi connectivity index (χ3n) is 4.53. The highest BCUT2D eigenvalue weighted by Gasteiger charge is 2.25. The molecule has 2 N–H and O–H groups in total. The number of hydrogen-bond acceptors (Lipinski definition) is 4. The van der Waals surface area contributed by atoms with Gasteiger partial charge in [-0.1, -0.05) is 18.5 Å². The third-order valence-corrected chi connectivity index (χ3v) is 5.80. The molecule has 1 aliphatic rings. The van der Waals surface area contributed by atoms with Gasteiger partial charge < -0.3 is 20.4 Å². The van der Waals surface area contributed by atoms with Gasteiger partial charge in [-0.25, -0.2) is 4.99 Å². The van der Waals surface area contributed by atoms with Crippen LogP contribution in [0.25, 0.3) is 0 Å². The minimum atomic E-state index is -0.0594. The molecular formula is C20H31ClIN5O2S. The molecule has 7 nitrogen and oxygen atoms in total. The van der Waals surface area contributed by atoms with Crippen LogP contribution in [0, 0.1) is 0 Å². The van der Waals surface area contributed by atoms with Crippen LogP contribution in [-0.4, -0.2) is 79.6 Å². The molecule has 1 unspecified atom stereocenters. The Balaban J connectivity index is 0.00000450. The number of nitrogens with one attached hydrogen (secondary N) is 2. The average Bonchev–Trinajstić information content (AvgIpc) is 3.18.